The Morgan fingerprint density at radius 2 is 1.67 bits per heavy atom. The van der Waals surface area contributed by atoms with Crippen LogP contribution in [0.25, 0.3) is 0 Å². The minimum Gasteiger partial charge on any atom is -0.493 e. The Labute approximate surface area is 171 Å². The second kappa shape index (κ2) is 10.4. The maximum Gasteiger partial charge on any atom is 0.345 e. The number of methoxy groups -OCH3 is 2. The molecule has 11 heteroatoms. The number of benzene rings is 2. The lowest BCUT2D eigenvalue weighted by molar-refractivity contribution is -0.385. The Bertz CT molecular complexity index is 946. The molecule has 0 atom stereocenters. The highest BCUT2D eigenvalue weighted by atomic mass is 16.6. The Morgan fingerprint density at radius 3 is 2.27 bits per heavy atom. The summed E-state index contributed by atoms with van der Waals surface area (Å²) in [5.74, 6) is -1.92. The molecule has 3 amide bonds. The molecular formula is C19H19N3O8. The van der Waals surface area contributed by atoms with Crippen molar-refractivity contribution in [3.8, 4) is 11.5 Å². The minimum absolute atomic E-state index is 0.0496. The lowest BCUT2D eigenvalue weighted by Crippen LogP contribution is -2.41. The number of esters is 1. The zero-order valence-electron chi connectivity index (χ0n) is 16.2. The summed E-state index contributed by atoms with van der Waals surface area (Å²) in [5, 5.41) is 15.7. The van der Waals surface area contributed by atoms with Crippen LogP contribution in [-0.4, -0.2) is 43.7 Å². The fourth-order valence-corrected chi connectivity index (χ4v) is 2.38. The summed E-state index contributed by atoms with van der Waals surface area (Å²) in [5.41, 5.74) is -0.190. The van der Waals surface area contributed by atoms with E-state index in [0.717, 1.165) is 17.7 Å². The van der Waals surface area contributed by atoms with Gasteiger partial charge in [0.1, 0.15) is 5.56 Å². The van der Waals surface area contributed by atoms with E-state index in [0.29, 0.717) is 0 Å². The molecule has 11 nitrogen and oxygen atoms in total. The Hall–Kier alpha value is -4.15. The molecule has 0 radical (unpaired) electrons. The molecule has 0 aromatic heterocycles. The molecule has 0 bridgehead atoms. The van der Waals surface area contributed by atoms with Gasteiger partial charge in [-0.2, -0.15) is 0 Å². The summed E-state index contributed by atoms with van der Waals surface area (Å²) in [6.07, 6.45) is 0. The number of carbonyl (C=O) groups is 3. The number of nitro groups is 1. The lowest BCUT2D eigenvalue weighted by atomic mass is 10.1. The SMILES string of the molecule is COc1cc(C(=O)OCC(=O)NC(=O)NCc2ccccc2)c([N+](=O)[O-])cc1OC. The molecule has 0 saturated carbocycles. The molecule has 0 aliphatic carbocycles. The van der Waals surface area contributed by atoms with Crippen LogP contribution >= 0.6 is 0 Å². The number of imide groups is 1. The number of hydrogen-bond donors (Lipinski definition) is 2. The van der Waals surface area contributed by atoms with Crippen LogP contribution in [0.15, 0.2) is 42.5 Å². The minimum atomic E-state index is -1.14. The van der Waals surface area contributed by atoms with Gasteiger partial charge in [0.25, 0.3) is 11.6 Å². The van der Waals surface area contributed by atoms with Gasteiger partial charge < -0.3 is 19.5 Å². The van der Waals surface area contributed by atoms with Crippen LogP contribution in [0.2, 0.25) is 0 Å². The van der Waals surface area contributed by atoms with Crippen molar-refractivity contribution in [3.05, 3.63) is 63.7 Å². The normalized spacial score (nSPS) is 9.93. The molecule has 0 fully saturated rings. The predicted molar refractivity (Wildman–Crippen MR) is 103 cm³/mol. The van der Waals surface area contributed by atoms with Gasteiger partial charge in [-0.3, -0.25) is 20.2 Å². The van der Waals surface area contributed by atoms with Crippen molar-refractivity contribution in [2.75, 3.05) is 20.8 Å². The first-order valence-electron chi connectivity index (χ1n) is 8.54. The Morgan fingerprint density at radius 1 is 1.03 bits per heavy atom. The first kappa shape index (κ1) is 22.1. The van der Waals surface area contributed by atoms with Crippen LogP contribution < -0.4 is 20.1 Å². The number of hydrogen-bond acceptors (Lipinski definition) is 8. The number of nitrogens with one attached hydrogen (secondary N) is 2. The van der Waals surface area contributed by atoms with Gasteiger partial charge in [-0.25, -0.2) is 9.59 Å². The largest absolute Gasteiger partial charge is 0.493 e. The van der Waals surface area contributed by atoms with E-state index < -0.39 is 40.7 Å². The molecule has 2 N–H and O–H groups in total. The zero-order valence-corrected chi connectivity index (χ0v) is 16.2. The molecule has 2 rings (SSSR count). The molecule has 0 spiro atoms. The van der Waals surface area contributed by atoms with Crippen molar-refractivity contribution in [1.82, 2.24) is 10.6 Å². The van der Waals surface area contributed by atoms with Crippen LogP contribution in [0.1, 0.15) is 15.9 Å². The van der Waals surface area contributed by atoms with E-state index in [1.807, 2.05) is 11.4 Å². The van der Waals surface area contributed by atoms with Gasteiger partial charge >= 0.3 is 12.0 Å². The van der Waals surface area contributed by atoms with Gasteiger partial charge in [0.2, 0.25) is 0 Å². The van der Waals surface area contributed by atoms with Crippen molar-refractivity contribution >= 4 is 23.6 Å². The maximum atomic E-state index is 12.2. The number of carbonyl (C=O) groups excluding carboxylic acids is 3. The third-order valence-electron chi connectivity index (χ3n) is 3.80. The standard InChI is InChI=1S/C19H19N3O8/c1-28-15-8-13(14(22(26)27)9-16(15)29-2)18(24)30-11-17(23)21-19(25)20-10-12-6-4-3-5-7-12/h3-9H,10-11H2,1-2H3,(H2,20,21,23,25). The van der Waals surface area contributed by atoms with Crippen molar-refractivity contribution in [3.63, 3.8) is 0 Å². The fourth-order valence-electron chi connectivity index (χ4n) is 2.38. The monoisotopic (exact) mass is 417 g/mol. The van der Waals surface area contributed by atoms with Gasteiger partial charge in [-0.05, 0) is 5.56 Å². The number of nitrogens with zero attached hydrogens (tertiary/aromatic N) is 1. The molecule has 0 saturated heterocycles. The number of ether oxygens (including phenoxy) is 3. The third kappa shape index (κ3) is 5.92. The van der Waals surface area contributed by atoms with Crippen molar-refractivity contribution in [2.45, 2.75) is 6.54 Å². The summed E-state index contributed by atoms with van der Waals surface area (Å²) in [6.45, 7) is -0.624. The summed E-state index contributed by atoms with van der Waals surface area (Å²) in [4.78, 5) is 46.2. The Kier molecular flexibility index (Phi) is 7.68. The highest BCUT2D eigenvalue weighted by molar-refractivity contribution is 5.98. The van der Waals surface area contributed by atoms with Crippen molar-refractivity contribution < 1.29 is 33.5 Å². The maximum absolute atomic E-state index is 12.2. The van der Waals surface area contributed by atoms with Crippen LogP contribution in [-0.2, 0) is 16.1 Å². The Balaban J connectivity index is 1.95. The number of amides is 3. The predicted octanol–water partition coefficient (Wildman–Crippen LogP) is 1.79. The van der Waals surface area contributed by atoms with E-state index in [9.17, 15) is 24.5 Å². The van der Waals surface area contributed by atoms with E-state index in [4.69, 9.17) is 14.2 Å². The molecule has 0 unspecified atom stereocenters. The van der Waals surface area contributed by atoms with Gasteiger partial charge in [0.05, 0.1) is 25.2 Å². The fraction of sp³-hybridized carbons (Fsp3) is 0.211. The lowest BCUT2D eigenvalue weighted by Gasteiger charge is -2.10. The highest BCUT2D eigenvalue weighted by Gasteiger charge is 2.26. The second-order valence-electron chi connectivity index (χ2n) is 5.77. The van der Waals surface area contributed by atoms with E-state index in [1.165, 1.54) is 14.2 Å². The topological polar surface area (TPSA) is 146 Å². The average molecular weight is 417 g/mol. The quantitative estimate of drug-likeness (QED) is 0.375. The van der Waals surface area contributed by atoms with Crippen LogP contribution in [0.5, 0.6) is 11.5 Å². The number of rotatable bonds is 8. The smallest absolute Gasteiger partial charge is 0.345 e. The van der Waals surface area contributed by atoms with Crippen LogP contribution in [0.4, 0.5) is 10.5 Å². The van der Waals surface area contributed by atoms with Gasteiger partial charge in [-0.15, -0.1) is 0 Å². The second-order valence-corrected chi connectivity index (χ2v) is 5.77. The van der Waals surface area contributed by atoms with E-state index >= 15 is 0 Å². The zero-order chi connectivity index (χ0) is 22.1. The van der Waals surface area contributed by atoms with E-state index in [1.54, 1.807) is 24.3 Å². The molecule has 0 aliphatic rings. The van der Waals surface area contributed by atoms with Crippen molar-refractivity contribution in [1.29, 1.82) is 0 Å². The summed E-state index contributed by atoms with van der Waals surface area (Å²) in [7, 11) is 2.58. The van der Waals surface area contributed by atoms with Gasteiger partial charge in [0, 0.05) is 12.6 Å². The molecule has 2 aromatic rings. The highest BCUT2D eigenvalue weighted by Crippen LogP contribution is 2.34. The molecule has 158 valence electrons. The molecule has 2 aromatic carbocycles. The van der Waals surface area contributed by atoms with Gasteiger partial charge in [0.15, 0.2) is 18.1 Å². The first-order chi connectivity index (χ1) is 14.3. The van der Waals surface area contributed by atoms with Gasteiger partial charge in [-0.1, -0.05) is 30.3 Å². The van der Waals surface area contributed by atoms with E-state index in [-0.39, 0.29) is 18.0 Å². The number of nitro benzene ring substituents is 1. The number of urea groups is 1. The summed E-state index contributed by atoms with van der Waals surface area (Å²) in [6, 6.07) is 10.3. The molecule has 0 aliphatic heterocycles. The average Bonchev–Trinajstić information content (AvgIpc) is 2.75. The summed E-state index contributed by atoms with van der Waals surface area (Å²) < 4.78 is 14.8. The molecular weight excluding hydrogens is 398 g/mol. The van der Waals surface area contributed by atoms with Crippen LogP contribution in [0.3, 0.4) is 0 Å². The van der Waals surface area contributed by atoms with Crippen LogP contribution in [0, 0.1) is 10.1 Å². The van der Waals surface area contributed by atoms with Crippen molar-refractivity contribution in [2.24, 2.45) is 0 Å². The molecule has 30 heavy (non-hydrogen) atoms. The van der Waals surface area contributed by atoms with E-state index in [2.05, 4.69) is 5.32 Å². The molecule has 0 heterocycles. The first-order valence-corrected chi connectivity index (χ1v) is 8.54. The third-order valence-corrected chi connectivity index (χ3v) is 3.80. The summed E-state index contributed by atoms with van der Waals surface area (Å²) >= 11 is 0.